The van der Waals surface area contributed by atoms with E-state index in [0.29, 0.717) is 28.0 Å². The van der Waals surface area contributed by atoms with Crippen molar-refractivity contribution >= 4 is 29.3 Å². The summed E-state index contributed by atoms with van der Waals surface area (Å²) in [5.74, 6) is 1.25. The van der Waals surface area contributed by atoms with Crippen molar-refractivity contribution in [2.24, 2.45) is 0 Å². The number of methoxy groups -OCH3 is 2. The third-order valence-corrected chi connectivity index (χ3v) is 7.13. The minimum Gasteiger partial charge on any atom is -0.493 e. The predicted molar refractivity (Wildman–Crippen MR) is 152 cm³/mol. The first-order chi connectivity index (χ1) is 18.8. The molecule has 2 amide bonds. The summed E-state index contributed by atoms with van der Waals surface area (Å²) in [7, 11) is 3.06. The summed E-state index contributed by atoms with van der Waals surface area (Å²) in [6, 6.07) is 18.6. The van der Waals surface area contributed by atoms with Crippen LogP contribution < -0.4 is 20.1 Å². The van der Waals surface area contributed by atoms with Gasteiger partial charge < -0.3 is 20.1 Å². The second-order valence-corrected chi connectivity index (χ2v) is 9.85. The fourth-order valence-corrected chi connectivity index (χ4v) is 4.78. The number of amides is 2. The maximum Gasteiger partial charge on any atom is 0.251 e. The van der Waals surface area contributed by atoms with Crippen LogP contribution in [0.5, 0.6) is 11.5 Å². The highest BCUT2D eigenvalue weighted by molar-refractivity contribution is 7.99. The molecule has 2 N–H and O–H groups in total. The van der Waals surface area contributed by atoms with E-state index in [4.69, 9.17) is 9.47 Å². The normalized spacial score (nSPS) is 10.7. The summed E-state index contributed by atoms with van der Waals surface area (Å²) in [6.07, 6.45) is 0. The zero-order chi connectivity index (χ0) is 27.9. The van der Waals surface area contributed by atoms with Crippen molar-refractivity contribution in [3.63, 3.8) is 0 Å². The summed E-state index contributed by atoms with van der Waals surface area (Å²) >= 11 is 1.28. The number of hydrogen-bond acceptors (Lipinski definition) is 7. The van der Waals surface area contributed by atoms with Crippen molar-refractivity contribution in [2.75, 3.05) is 25.3 Å². The molecule has 0 aliphatic carbocycles. The van der Waals surface area contributed by atoms with Crippen LogP contribution in [0.25, 0.3) is 5.69 Å². The average Bonchev–Trinajstić information content (AvgIpc) is 3.34. The van der Waals surface area contributed by atoms with E-state index < -0.39 is 0 Å². The van der Waals surface area contributed by atoms with E-state index in [1.165, 1.54) is 18.9 Å². The number of benzene rings is 3. The monoisotopic (exact) mass is 545 g/mol. The van der Waals surface area contributed by atoms with Gasteiger partial charge in [0.05, 0.1) is 32.2 Å². The Labute approximate surface area is 231 Å². The first kappa shape index (κ1) is 27.7. The minimum atomic E-state index is -0.293. The molecule has 0 radical (unpaired) electrons. The molecular weight excluding hydrogens is 514 g/mol. The van der Waals surface area contributed by atoms with Gasteiger partial charge in [-0.1, -0.05) is 36.0 Å². The van der Waals surface area contributed by atoms with Crippen LogP contribution in [0.4, 0.5) is 5.69 Å². The van der Waals surface area contributed by atoms with Gasteiger partial charge in [-0.05, 0) is 73.9 Å². The van der Waals surface area contributed by atoms with Crippen molar-refractivity contribution in [1.29, 1.82) is 0 Å². The molecule has 39 heavy (non-hydrogen) atoms. The van der Waals surface area contributed by atoms with Crippen LogP contribution in [0, 0.1) is 20.8 Å². The Morgan fingerprint density at radius 2 is 1.69 bits per heavy atom. The van der Waals surface area contributed by atoms with Crippen LogP contribution in [0.1, 0.15) is 32.9 Å². The van der Waals surface area contributed by atoms with Gasteiger partial charge in [-0.3, -0.25) is 14.2 Å². The molecule has 10 heteroatoms. The Balaban J connectivity index is 1.55. The van der Waals surface area contributed by atoms with Gasteiger partial charge in [0.2, 0.25) is 5.91 Å². The average molecular weight is 546 g/mol. The summed E-state index contributed by atoms with van der Waals surface area (Å²) < 4.78 is 12.5. The quantitative estimate of drug-likeness (QED) is 0.274. The van der Waals surface area contributed by atoms with Gasteiger partial charge in [0.1, 0.15) is 0 Å². The maximum absolute atomic E-state index is 13.0. The summed E-state index contributed by atoms with van der Waals surface area (Å²) in [4.78, 5) is 25.6. The number of aryl methyl sites for hydroxylation is 2. The first-order valence-corrected chi connectivity index (χ1v) is 13.3. The topological polar surface area (TPSA) is 107 Å². The molecule has 4 aromatic rings. The molecule has 0 spiro atoms. The lowest BCUT2D eigenvalue weighted by Gasteiger charge is -2.15. The van der Waals surface area contributed by atoms with Gasteiger partial charge in [-0.15, -0.1) is 10.2 Å². The molecule has 1 heterocycles. The first-order valence-electron chi connectivity index (χ1n) is 12.3. The van der Waals surface area contributed by atoms with E-state index in [2.05, 4.69) is 20.8 Å². The molecule has 1 aromatic heterocycles. The summed E-state index contributed by atoms with van der Waals surface area (Å²) in [6.45, 7) is 6.16. The van der Waals surface area contributed by atoms with Crippen LogP contribution in [-0.2, 0) is 11.3 Å². The highest BCUT2D eigenvalue weighted by Gasteiger charge is 2.19. The lowest BCUT2D eigenvalue weighted by Crippen LogP contribution is -2.25. The molecule has 202 valence electrons. The number of nitrogens with zero attached hydrogens (tertiary/aromatic N) is 3. The molecule has 0 saturated heterocycles. The Kier molecular flexibility index (Phi) is 8.88. The molecule has 3 aromatic carbocycles. The number of thioether (sulfide) groups is 1. The smallest absolute Gasteiger partial charge is 0.251 e. The number of hydrogen-bond donors (Lipinski definition) is 2. The van der Waals surface area contributed by atoms with Gasteiger partial charge in [-0.2, -0.15) is 0 Å². The lowest BCUT2D eigenvalue weighted by molar-refractivity contribution is -0.113. The van der Waals surface area contributed by atoms with Crippen molar-refractivity contribution in [2.45, 2.75) is 32.5 Å². The maximum atomic E-state index is 13.0. The fourth-order valence-electron chi connectivity index (χ4n) is 4.02. The number of ether oxygens (including phenoxy) is 2. The van der Waals surface area contributed by atoms with Crippen molar-refractivity contribution < 1.29 is 19.1 Å². The van der Waals surface area contributed by atoms with Crippen molar-refractivity contribution in [1.82, 2.24) is 20.1 Å². The predicted octanol–water partition coefficient (Wildman–Crippen LogP) is 4.87. The van der Waals surface area contributed by atoms with E-state index >= 15 is 0 Å². The molecule has 0 unspecified atom stereocenters. The van der Waals surface area contributed by atoms with Crippen LogP contribution in [-0.4, -0.2) is 46.6 Å². The molecule has 0 bridgehead atoms. The zero-order valence-corrected chi connectivity index (χ0v) is 23.4. The second kappa shape index (κ2) is 12.5. The zero-order valence-electron chi connectivity index (χ0n) is 22.6. The van der Waals surface area contributed by atoms with E-state index in [0.717, 1.165) is 28.1 Å². The van der Waals surface area contributed by atoms with Gasteiger partial charge in [-0.25, -0.2) is 0 Å². The van der Waals surface area contributed by atoms with Gasteiger partial charge in [0, 0.05) is 11.3 Å². The number of carbonyl (C=O) groups excluding carboxylic acids is 2. The van der Waals surface area contributed by atoms with E-state index in [-0.39, 0.29) is 24.1 Å². The van der Waals surface area contributed by atoms with Crippen LogP contribution in [0.3, 0.4) is 0 Å². The van der Waals surface area contributed by atoms with Gasteiger partial charge in [0.25, 0.3) is 5.91 Å². The van der Waals surface area contributed by atoms with Crippen LogP contribution in [0.15, 0.2) is 65.8 Å². The number of carbonyl (C=O) groups is 2. The van der Waals surface area contributed by atoms with E-state index in [1.54, 1.807) is 25.3 Å². The Morgan fingerprint density at radius 1 is 0.923 bits per heavy atom. The summed E-state index contributed by atoms with van der Waals surface area (Å²) in [5.41, 5.74) is 5.28. The third kappa shape index (κ3) is 6.58. The molecule has 0 saturated carbocycles. The van der Waals surface area contributed by atoms with Gasteiger partial charge in [0.15, 0.2) is 22.5 Å². The Hall–Kier alpha value is -4.31. The molecule has 0 fully saturated rings. The number of rotatable bonds is 10. The van der Waals surface area contributed by atoms with Crippen LogP contribution in [0.2, 0.25) is 0 Å². The molecule has 4 rings (SSSR count). The lowest BCUT2D eigenvalue weighted by atomic mass is 10.1. The van der Waals surface area contributed by atoms with E-state index in [1.807, 2.05) is 67.8 Å². The Bertz CT molecular complexity index is 1500. The molecule has 0 atom stereocenters. The minimum absolute atomic E-state index is 0.129. The standard InChI is InChI=1S/C29H31N5O4S/c1-18-8-6-10-22(14-18)31-27(35)17-39-29-33-32-26(34(29)23-11-7-9-19(2)20(23)3)16-30-28(36)21-12-13-24(37-4)25(15-21)38-5/h6-15H,16-17H2,1-5H3,(H,30,36)(H,31,35). The molecule has 0 aliphatic rings. The molecular formula is C29H31N5O4S. The second-order valence-electron chi connectivity index (χ2n) is 8.91. The Morgan fingerprint density at radius 3 is 2.44 bits per heavy atom. The summed E-state index contributed by atoms with van der Waals surface area (Å²) in [5, 5.41) is 15.1. The van der Waals surface area contributed by atoms with Gasteiger partial charge >= 0.3 is 0 Å². The van der Waals surface area contributed by atoms with Crippen LogP contribution >= 0.6 is 11.8 Å². The van der Waals surface area contributed by atoms with E-state index in [9.17, 15) is 9.59 Å². The number of aromatic nitrogens is 3. The molecule has 9 nitrogen and oxygen atoms in total. The van der Waals surface area contributed by atoms with Crippen molar-refractivity contribution in [3.05, 3.63) is 88.7 Å². The fraction of sp³-hybridized carbons (Fsp3) is 0.241. The highest BCUT2D eigenvalue weighted by atomic mass is 32.2. The highest BCUT2D eigenvalue weighted by Crippen LogP contribution is 2.28. The number of anilines is 1. The molecule has 0 aliphatic heterocycles. The number of nitrogens with one attached hydrogen (secondary N) is 2. The third-order valence-electron chi connectivity index (χ3n) is 6.20. The SMILES string of the molecule is COc1ccc(C(=O)NCc2nnc(SCC(=O)Nc3cccc(C)c3)n2-c2cccc(C)c2C)cc1OC. The van der Waals surface area contributed by atoms with Crippen molar-refractivity contribution in [3.8, 4) is 17.2 Å². The largest absolute Gasteiger partial charge is 0.493 e.